The molecule has 2 aliphatic rings. The van der Waals surface area contributed by atoms with Crippen molar-refractivity contribution in [1.82, 2.24) is 0 Å². The molecule has 0 saturated carbocycles. The highest BCUT2D eigenvalue weighted by molar-refractivity contribution is 6.20. The highest BCUT2D eigenvalue weighted by Gasteiger charge is 2.37. The third-order valence-electron chi connectivity index (χ3n) is 6.00. The molecule has 2 aromatic carbocycles. The number of esters is 1. The lowest BCUT2D eigenvalue weighted by atomic mass is 10.1. The van der Waals surface area contributed by atoms with E-state index in [0.29, 0.717) is 17.0 Å². The fourth-order valence-electron chi connectivity index (χ4n) is 4.11. The summed E-state index contributed by atoms with van der Waals surface area (Å²) in [7, 11) is 0. The number of hydrogen-bond donors (Lipinski definition) is 0. The lowest BCUT2D eigenvalue weighted by molar-refractivity contribution is -0.139. The lowest BCUT2D eigenvalue weighted by Gasteiger charge is -2.20. The molecule has 0 radical (unpaired) electrons. The van der Waals surface area contributed by atoms with Crippen LogP contribution in [0.25, 0.3) is 0 Å². The highest BCUT2D eigenvalue weighted by atomic mass is 16.5. The molecule has 2 heterocycles. The van der Waals surface area contributed by atoms with Crippen LogP contribution in [0.5, 0.6) is 5.75 Å². The summed E-state index contributed by atoms with van der Waals surface area (Å²) in [5.41, 5.74) is 4.09. The summed E-state index contributed by atoms with van der Waals surface area (Å²) in [4.78, 5) is 52.1. The molecule has 7 heteroatoms. The molecular formula is C24H24N2O5. The molecule has 0 aromatic heterocycles. The van der Waals surface area contributed by atoms with Crippen LogP contribution in [0.1, 0.15) is 36.0 Å². The van der Waals surface area contributed by atoms with E-state index in [-0.39, 0.29) is 43.5 Å². The Labute approximate surface area is 180 Å². The first kappa shape index (κ1) is 20.8. The number of carbonyl (C=O) groups excluding carboxylic acids is 4. The van der Waals surface area contributed by atoms with Gasteiger partial charge in [0.1, 0.15) is 5.75 Å². The molecule has 3 amide bonds. The monoisotopic (exact) mass is 420 g/mol. The normalized spacial score (nSPS) is 18.8. The van der Waals surface area contributed by atoms with E-state index in [2.05, 4.69) is 0 Å². The molecular weight excluding hydrogens is 396 g/mol. The molecule has 2 aromatic rings. The van der Waals surface area contributed by atoms with E-state index in [4.69, 9.17) is 4.74 Å². The molecule has 0 spiro atoms. The second kappa shape index (κ2) is 7.98. The van der Waals surface area contributed by atoms with Gasteiger partial charge in [-0.1, -0.05) is 12.1 Å². The minimum Gasteiger partial charge on any atom is -0.426 e. The SMILES string of the molecule is Cc1cc(OC(=O)[C@H]2CC(=O)N(c3cccc(C)c3C)C2)ccc1N1C(=O)CCC1=O. The summed E-state index contributed by atoms with van der Waals surface area (Å²) in [6, 6.07) is 10.6. The number of carbonyl (C=O) groups is 4. The van der Waals surface area contributed by atoms with Gasteiger partial charge in [0.15, 0.2) is 0 Å². The van der Waals surface area contributed by atoms with Crippen molar-refractivity contribution >= 4 is 35.1 Å². The van der Waals surface area contributed by atoms with Crippen molar-refractivity contribution in [2.45, 2.75) is 40.0 Å². The van der Waals surface area contributed by atoms with Gasteiger partial charge in [0.25, 0.3) is 0 Å². The van der Waals surface area contributed by atoms with Crippen molar-refractivity contribution in [1.29, 1.82) is 0 Å². The van der Waals surface area contributed by atoms with E-state index in [0.717, 1.165) is 16.8 Å². The van der Waals surface area contributed by atoms with Crippen LogP contribution < -0.4 is 14.5 Å². The van der Waals surface area contributed by atoms with Gasteiger partial charge in [-0.15, -0.1) is 0 Å². The molecule has 0 unspecified atom stereocenters. The first-order chi connectivity index (χ1) is 14.8. The highest BCUT2D eigenvalue weighted by Crippen LogP contribution is 2.32. The average Bonchev–Trinajstić information content (AvgIpc) is 3.27. The first-order valence-corrected chi connectivity index (χ1v) is 10.3. The summed E-state index contributed by atoms with van der Waals surface area (Å²) >= 11 is 0. The maximum atomic E-state index is 12.7. The van der Waals surface area contributed by atoms with Gasteiger partial charge < -0.3 is 9.64 Å². The Balaban J connectivity index is 1.47. The standard InChI is InChI=1S/C24H24N2O5/c1-14-5-4-6-20(16(14)3)25-13-17(12-23(25)29)24(30)31-18-7-8-19(15(2)11-18)26-21(27)9-10-22(26)28/h4-8,11,17H,9-10,12-13H2,1-3H3/t17-/m0/s1. The number of amides is 3. The van der Waals surface area contributed by atoms with Gasteiger partial charge in [-0.25, -0.2) is 0 Å². The predicted molar refractivity (Wildman–Crippen MR) is 115 cm³/mol. The zero-order valence-corrected chi connectivity index (χ0v) is 17.8. The predicted octanol–water partition coefficient (Wildman–Crippen LogP) is 3.22. The molecule has 1 atom stereocenters. The Hall–Kier alpha value is -3.48. The van der Waals surface area contributed by atoms with Crippen molar-refractivity contribution in [3.05, 3.63) is 53.1 Å². The Morgan fingerprint density at radius 3 is 2.29 bits per heavy atom. The number of aryl methyl sites for hydroxylation is 2. The Morgan fingerprint density at radius 2 is 1.61 bits per heavy atom. The van der Waals surface area contributed by atoms with Crippen molar-refractivity contribution < 1.29 is 23.9 Å². The van der Waals surface area contributed by atoms with Crippen LogP contribution in [0.3, 0.4) is 0 Å². The molecule has 2 saturated heterocycles. The van der Waals surface area contributed by atoms with Crippen LogP contribution >= 0.6 is 0 Å². The molecule has 4 rings (SSSR count). The van der Waals surface area contributed by atoms with Gasteiger partial charge in [-0.05, 0) is 61.7 Å². The first-order valence-electron chi connectivity index (χ1n) is 10.3. The molecule has 0 N–H and O–H groups in total. The second-order valence-electron chi connectivity index (χ2n) is 8.12. The van der Waals surface area contributed by atoms with E-state index in [1.54, 1.807) is 30.0 Å². The van der Waals surface area contributed by atoms with Crippen molar-refractivity contribution in [3.63, 3.8) is 0 Å². The molecule has 2 aliphatic heterocycles. The van der Waals surface area contributed by atoms with Crippen LogP contribution in [-0.2, 0) is 19.2 Å². The van der Waals surface area contributed by atoms with Gasteiger partial charge >= 0.3 is 5.97 Å². The maximum Gasteiger partial charge on any atom is 0.316 e. The number of hydrogen-bond acceptors (Lipinski definition) is 5. The molecule has 0 aliphatic carbocycles. The number of imide groups is 1. The summed E-state index contributed by atoms with van der Waals surface area (Å²) in [6.07, 6.45) is 0.517. The van der Waals surface area contributed by atoms with Crippen molar-refractivity contribution in [2.24, 2.45) is 5.92 Å². The zero-order valence-electron chi connectivity index (χ0n) is 17.8. The maximum absolute atomic E-state index is 12.7. The Bertz CT molecular complexity index is 1090. The minimum atomic E-state index is -0.561. The van der Waals surface area contributed by atoms with Crippen LogP contribution in [-0.4, -0.2) is 30.2 Å². The van der Waals surface area contributed by atoms with E-state index in [1.165, 1.54) is 4.90 Å². The van der Waals surface area contributed by atoms with Crippen LogP contribution in [0.15, 0.2) is 36.4 Å². The van der Waals surface area contributed by atoms with Crippen molar-refractivity contribution in [3.8, 4) is 5.75 Å². The number of ether oxygens (including phenoxy) is 1. The quantitative estimate of drug-likeness (QED) is 0.431. The van der Waals surface area contributed by atoms with Gasteiger partial charge in [0.05, 0.1) is 11.6 Å². The zero-order chi connectivity index (χ0) is 22.3. The average molecular weight is 420 g/mol. The smallest absolute Gasteiger partial charge is 0.316 e. The van der Waals surface area contributed by atoms with Gasteiger partial charge in [0, 0.05) is 31.5 Å². The van der Waals surface area contributed by atoms with E-state index in [1.807, 2.05) is 32.0 Å². The van der Waals surface area contributed by atoms with Crippen molar-refractivity contribution in [2.75, 3.05) is 16.3 Å². The Kier molecular flexibility index (Phi) is 5.35. The van der Waals surface area contributed by atoms with Crippen LogP contribution in [0.4, 0.5) is 11.4 Å². The molecule has 7 nitrogen and oxygen atoms in total. The summed E-state index contributed by atoms with van der Waals surface area (Å²) in [5, 5.41) is 0. The Morgan fingerprint density at radius 1 is 0.903 bits per heavy atom. The summed E-state index contributed by atoms with van der Waals surface area (Å²) in [6.45, 7) is 5.98. The molecule has 160 valence electrons. The fraction of sp³-hybridized carbons (Fsp3) is 0.333. The second-order valence-corrected chi connectivity index (χ2v) is 8.12. The summed E-state index contributed by atoms with van der Waals surface area (Å²) < 4.78 is 5.53. The van der Waals surface area contributed by atoms with E-state index >= 15 is 0 Å². The third kappa shape index (κ3) is 3.83. The van der Waals surface area contributed by atoms with Crippen LogP contribution in [0.2, 0.25) is 0 Å². The van der Waals surface area contributed by atoms with Gasteiger partial charge in [0.2, 0.25) is 17.7 Å². The van der Waals surface area contributed by atoms with E-state index in [9.17, 15) is 19.2 Å². The lowest BCUT2D eigenvalue weighted by Crippen LogP contribution is -2.29. The van der Waals surface area contributed by atoms with Gasteiger partial charge in [-0.2, -0.15) is 0 Å². The number of anilines is 2. The summed E-state index contributed by atoms with van der Waals surface area (Å²) in [5.74, 6) is -1.27. The largest absolute Gasteiger partial charge is 0.426 e. The number of nitrogens with zero attached hydrogens (tertiary/aromatic N) is 2. The fourth-order valence-corrected chi connectivity index (χ4v) is 4.11. The van der Waals surface area contributed by atoms with E-state index < -0.39 is 11.9 Å². The molecule has 0 bridgehead atoms. The molecule has 2 fully saturated rings. The van der Waals surface area contributed by atoms with Crippen LogP contribution in [0, 0.1) is 26.7 Å². The topological polar surface area (TPSA) is 84.0 Å². The number of benzene rings is 2. The minimum absolute atomic E-state index is 0.0973. The third-order valence-corrected chi connectivity index (χ3v) is 6.00. The number of rotatable bonds is 4. The molecule has 31 heavy (non-hydrogen) atoms. The van der Waals surface area contributed by atoms with Gasteiger partial charge in [-0.3, -0.25) is 24.1 Å².